The van der Waals surface area contributed by atoms with Gasteiger partial charge in [0.15, 0.2) is 0 Å². The molecule has 1 saturated heterocycles. The highest BCUT2D eigenvalue weighted by molar-refractivity contribution is 6.09. The maximum absolute atomic E-state index is 15.2. The Morgan fingerprint density at radius 2 is 1.93 bits per heavy atom. The fourth-order valence-corrected chi connectivity index (χ4v) is 5.73. The number of anilines is 2. The molecule has 1 aliphatic heterocycles. The fourth-order valence-electron chi connectivity index (χ4n) is 5.73. The standard InChI is InChI=1S/C30H35F3N6O2/c1-17-11-18(12-26(35)29(17,2)40)21-5-8-36-16-25(21)39-28-37-15-20(38-28)3-4-24(34)27-22(31)13-19(14-23(27)32)30(33)6-9-41-10-7-30/h3-5,8,13-18,26,34,40H,6-7,9-12,35H2,1-2H3,(H2,37,38,39)/b4-3-,34-24?/t17-,18+,26+,29+/m0/s1. The van der Waals surface area contributed by atoms with E-state index in [0.29, 0.717) is 18.1 Å². The molecule has 41 heavy (non-hydrogen) atoms. The van der Waals surface area contributed by atoms with Crippen LogP contribution in [0.3, 0.4) is 0 Å². The number of benzene rings is 1. The SMILES string of the molecule is C[C@H]1C[C@@H](c2ccncc2Nc2ncc(/C=C\C(=N)c3c(F)cc(C4(F)CCOCC4)cc3F)[nH]2)C[C@@H](N)[C@]1(C)O. The zero-order chi connectivity index (χ0) is 29.4. The minimum atomic E-state index is -1.86. The summed E-state index contributed by atoms with van der Waals surface area (Å²) in [7, 11) is 0. The van der Waals surface area contributed by atoms with Crippen LogP contribution in [0.5, 0.6) is 0 Å². The normalized spacial score (nSPS) is 26.3. The molecule has 8 nitrogen and oxygen atoms in total. The first kappa shape index (κ1) is 29.0. The van der Waals surface area contributed by atoms with Crippen molar-refractivity contribution in [2.45, 2.75) is 62.8 Å². The number of imidazole rings is 1. The van der Waals surface area contributed by atoms with Crippen LogP contribution in [-0.4, -0.2) is 50.6 Å². The van der Waals surface area contributed by atoms with Crippen LogP contribution in [0.25, 0.3) is 6.08 Å². The van der Waals surface area contributed by atoms with Gasteiger partial charge in [-0.05, 0) is 73.1 Å². The second-order valence-corrected chi connectivity index (χ2v) is 11.3. The van der Waals surface area contributed by atoms with Gasteiger partial charge in [0.05, 0.1) is 40.7 Å². The largest absolute Gasteiger partial charge is 0.388 e. The van der Waals surface area contributed by atoms with Crippen LogP contribution in [-0.2, 0) is 10.4 Å². The third-order valence-corrected chi connectivity index (χ3v) is 8.61. The molecule has 0 radical (unpaired) electrons. The number of H-pyrrole nitrogens is 1. The lowest BCUT2D eigenvalue weighted by Crippen LogP contribution is -2.54. The number of alkyl halides is 1. The van der Waals surface area contributed by atoms with Crippen LogP contribution in [0.4, 0.5) is 24.8 Å². The smallest absolute Gasteiger partial charge is 0.205 e. The second-order valence-electron chi connectivity index (χ2n) is 11.3. The number of nitrogens with two attached hydrogens (primary N) is 1. The van der Waals surface area contributed by atoms with E-state index in [1.165, 1.54) is 18.3 Å². The summed E-state index contributed by atoms with van der Waals surface area (Å²) < 4.78 is 50.1. The van der Waals surface area contributed by atoms with Gasteiger partial charge in [0.2, 0.25) is 5.95 Å². The van der Waals surface area contributed by atoms with Gasteiger partial charge in [-0.15, -0.1) is 0 Å². The molecule has 1 aliphatic carbocycles. The first-order valence-electron chi connectivity index (χ1n) is 13.7. The molecule has 0 amide bonds. The van der Waals surface area contributed by atoms with Crippen LogP contribution < -0.4 is 11.1 Å². The molecule has 1 saturated carbocycles. The quantitative estimate of drug-likeness (QED) is 0.240. The van der Waals surface area contributed by atoms with Crippen LogP contribution in [0.15, 0.2) is 42.9 Å². The first-order valence-corrected chi connectivity index (χ1v) is 13.7. The summed E-state index contributed by atoms with van der Waals surface area (Å²) in [6.45, 7) is 4.14. The molecule has 1 aromatic carbocycles. The summed E-state index contributed by atoms with van der Waals surface area (Å²) in [5.41, 5.74) is 4.76. The second kappa shape index (κ2) is 11.4. The Bertz CT molecular complexity index is 1410. The van der Waals surface area contributed by atoms with Gasteiger partial charge in [0, 0.05) is 38.3 Å². The van der Waals surface area contributed by atoms with E-state index in [-0.39, 0.29) is 49.5 Å². The Kier molecular flexibility index (Phi) is 8.04. The van der Waals surface area contributed by atoms with Crippen molar-refractivity contribution in [3.05, 3.63) is 76.9 Å². The molecule has 4 atom stereocenters. The zero-order valence-corrected chi connectivity index (χ0v) is 23.1. The van der Waals surface area contributed by atoms with Crippen molar-refractivity contribution in [3.8, 4) is 0 Å². The van der Waals surface area contributed by atoms with E-state index in [2.05, 4.69) is 20.3 Å². The van der Waals surface area contributed by atoms with Gasteiger partial charge in [-0.1, -0.05) is 6.92 Å². The Morgan fingerprint density at radius 3 is 2.61 bits per heavy atom. The lowest BCUT2D eigenvalue weighted by Gasteiger charge is -2.44. The topological polar surface area (TPSA) is 133 Å². The van der Waals surface area contributed by atoms with Crippen molar-refractivity contribution in [2.24, 2.45) is 11.7 Å². The lowest BCUT2D eigenvalue weighted by atomic mass is 9.68. The van der Waals surface area contributed by atoms with Crippen molar-refractivity contribution < 1.29 is 23.0 Å². The summed E-state index contributed by atoms with van der Waals surface area (Å²) >= 11 is 0. The third kappa shape index (κ3) is 5.93. The number of halogens is 3. The Labute approximate surface area is 236 Å². The molecule has 2 fully saturated rings. The van der Waals surface area contributed by atoms with Crippen LogP contribution in [0, 0.1) is 23.0 Å². The van der Waals surface area contributed by atoms with Gasteiger partial charge in [-0.3, -0.25) is 4.98 Å². The van der Waals surface area contributed by atoms with Crippen LogP contribution >= 0.6 is 0 Å². The van der Waals surface area contributed by atoms with Crippen molar-refractivity contribution in [1.29, 1.82) is 5.41 Å². The van der Waals surface area contributed by atoms with Gasteiger partial charge in [0.1, 0.15) is 17.3 Å². The maximum atomic E-state index is 15.2. The highest BCUT2D eigenvalue weighted by Crippen LogP contribution is 2.43. The number of hydrogen-bond acceptors (Lipinski definition) is 7. The van der Waals surface area contributed by atoms with Gasteiger partial charge in [-0.2, -0.15) is 0 Å². The minimum absolute atomic E-state index is 0.0127. The average Bonchev–Trinajstić information content (AvgIpc) is 3.38. The van der Waals surface area contributed by atoms with E-state index in [4.69, 9.17) is 15.9 Å². The number of hydrogen-bond donors (Lipinski definition) is 5. The number of aliphatic hydroxyl groups is 1. The number of nitrogens with zero attached hydrogens (tertiary/aromatic N) is 2. The molecule has 3 heterocycles. The third-order valence-electron chi connectivity index (χ3n) is 8.61. The van der Waals surface area contributed by atoms with Gasteiger partial charge in [0.25, 0.3) is 0 Å². The van der Waals surface area contributed by atoms with Crippen molar-refractivity contribution in [1.82, 2.24) is 15.0 Å². The van der Waals surface area contributed by atoms with Crippen molar-refractivity contribution >= 4 is 23.4 Å². The molecule has 0 unspecified atom stereocenters. The summed E-state index contributed by atoms with van der Waals surface area (Å²) in [6.07, 6.45) is 9.11. The number of nitrogens with one attached hydrogen (secondary N) is 3. The van der Waals surface area contributed by atoms with E-state index in [0.717, 1.165) is 29.8 Å². The zero-order valence-electron chi connectivity index (χ0n) is 23.1. The molecule has 6 N–H and O–H groups in total. The Morgan fingerprint density at radius 1 is 1.22 bits per heavy atom. The van der Waals surface area contributed by atoms with E-state index in [1.807, 2.05) is 13.0 Å². The molecule has 218 valence electrons. The summed E-state index contributed by atoms with van der Waals surface area (Å²) in [4.78, 5) is 11.6. The lowest BCUT2D eigenvalue weighted by molar-refractivity contribution is -0.0463. The van der Waals surface area contributed by atoms with Crippen molar-refractivity contribution in [3.63, 3.8) is 0 Å². The number of aromatic amines is 1. The molecule has 0 bridgehead atoms. The molecule has 2 aliphatic rings. The Balaban J connectivity index is 1.29. The number of ether oxygens (including phenoxy) is 1. The van der Waals surface area contributed by atoms with Gasteiger partial charge < -0.3 is 31.3 Å². The summed E-state index contributed by atoms with van der Waals surface area (Å²) in [5, 5.41) is 22.2. The molecule has 11 heteroatoms. The van der Waals surface area contributed by atoms with E-state index in [9.17, 15) is 13.9 Å². The predicted molar refractivity (Wildman–Crippen MR) is 151 cm³/mol. The number of rotatable bonds is 7. The van der Waals surface area contributed by atoms with E-state index < -0.39 is 34.2 Å². The van der Waals surface area contributed by atoms with Crippen LogP contribution in [0.1, 0.15) is 67.8 Å². The summed E-state index contributed by atoms with van der Waals surface area (Å²) in [6, 6.07) is 3.51. The van der Waals surface area contributed by atoms with Crippen LogP contribution in [0.2, 0.25) is 0 Å². The maximum Gasteiger partial charge on any atom is 0.205 e. The monoisotopic (exact) mass is 568 g/mol. The molecular formula is C30H35F3N6O2. The number of aromatic nitrogens is 3. The van der Waals surface area contributed by atoms with E-state index >= 15 is 4.39 Å². The fraction of sp³-hybridized carbons (Fsp3) is 0.433. The highest BCUT2D eigenvalue weighted by atomic mass is 19.1. The highest BCUT2D eigenvalue weighted by Gasteiger charge is 2.42. The average molecular weight is 569 g/mol. The van der Waals surface area contributed by atoms with Gasteiger partial charge >= 0.3 is 0 Å². The molecular weight excluding hydrogens is 533 g/mol. The molecule has 5 rings (SSSR count). The Hall–Kier alpha value is -3.54. The number of pyridine rings is 1. The molecule has 3 aromatic rings. The predicted octanol–water partition coefficient (Wildman–Crippen LogP) is 5.47. The first-order chi connectivity index (χ1) is 19.5. The van der Waals surface area contributed by atoms with E-state index in [1.54, 1.807) is 19.3 Å². The molecule has 2 aromatic heterocycles. The summed E-state index contributed by atoms with van der Waals surface area (Å²) in [5.74, 6) is -1.44. The van der Waals surface area contributed by atoms with Crippen molar-refractivity contribution in [2.75, 3.05) is 18.5 Å². The molecule has 0 spiro atoms. The van der Waals surface area contributed by atoms with Gasteiger partial charge in [-0.25, -0.2) is 18.2 Å². The minimum Gasteiger partial charge on any atom is -0.388 e. The number of allylic oxidation sites excluding steroid dienone is 1.